The number of ether oxygens (including phenoxy) is 1. The van der Waals surface area contributed by atoms with E-state index in [-0.39, 0.29) is 5.91 Å². The Kier molecular flexibility index (Phi) is 3.64. The SMILES string of the molecule is COC1SCN(c2ccc(Cl)c(Cl)c2)C1=O. The summed E-state index contributed by atoms with van der Waals surface area (Å²) in [7, 11) is 1.52. The highest BCUT2D eigenvalue weighted by atomic mass is 35.5. The first-order valence-corrected chi connectivity index (χ1v) is 6.35. The Morgan fingerprint density at radius 1 is 1.44 bits per heavy atom. The van der Waals surface area contributed by atoms with Gasteiger partial charge in [0.2, 0.25) is 0 Å². The predicted octanol–water partition coefficient (Wildman–Crippen LogP) is 3.00. The third kappa shape index (κ3) is 2.15. The maximum Gasteiger partial charge on any atom is 0.267 e. The quantitative estimate of drug-likeness (QED) is 0.832. The Morgan fingerprint density at radius 3 is 2.75 bits per heavy atom. The minimum atomic E-state index is -0.422. The van der Waals surface area contributed by atoms with Gasteiger partial charge in [0.25, 0.3) is 5.91 Å². The van der Waals surface area contributed by atoms with Gasteiger partial charge in [-0.15, -0.1) is 0 Å². The highest BCUT2D eigenvalue weighted by Gasteiger charge is 2.33. The molecule has 0 bridgehead atoms. The van der Waals surface area contributed by atoms with E-state index in [1.807, 2.05) is 0 Å². The summed E-state index contributed by atoms with van der Waals surface area (Å²) in [6.45, 7) is 0. The summed E-state index contributed by atoms with van der Waals surface area (Å²) >= 11 is 13.2. The molecule has 1 aromatic rings. The molecule has 0 aliphatic carbocycles. The fourth-order valence-electron chi connectivity index (χ4n) is 1.43. The van der Waals surface area contributed by atoms with Gasteiger partial charge < -0.3 is 4.74 Å². The molecule has 1 atom stereocenters. The van der Waals surface area contributed by atoms with E-state index in [4.69, 9.17) is 27.9 Å². The van der Waals surface area contributed by atoms with Crippen molar-refractivity contribution >= 4 is 46.6 Å². The van der Waals surface area contributed by atoms with Gasteiger partial charge in [-0.3, -0.25) is 9.69 Å². The van der Waals surface area contributed by atoms with Crippen molar-refractivity contribution in [3.8, 4) is 0 Å². The Balaban J connectivity index is 2.25. The molecule has 6 heteroatoms. The molecule has 1 heterocycles. The summed E-state index contributed by atoms with van der Waals surface area (Å²) in [6, 6.07) is 5.13. The Morgan fingerprint density at radius 2 is 2.19 bits per heavy atom. The van der Waals surface area contributed by atoms with Gasteiger partial charge in [-0.1, -0.05) is 35.0 Å². The Labute approximate surface area is 108 Å². The zero-order valence-corrected chi connectivity index (χ0v) is 10.8. The van der Waals surface area contributed by atoms with Gasteiger partial charge >= 0.3 is 0 Å². The highest BCUT2D eigenvalue weighted by molar-refractivity contribution is 8.01. The summed E-state index contributed by atoms with van der Waals surface area (Å²) in [5, 5.41) is 0.922. The van der Waals surface area contributed by atoms with Gasteiger partial charge in [-0.2, -0.15) is 0 Å². The second-order valence-electron chi connectivity index (χ2n) is 3.23. The number of benzene rings is 1. The summed E-state index contributed by atoms with van der Waals surface area (Å²) in [5.41, 5.74) is 0.320. The minimum Gasteiger partial charge on any atom is -0.361 e. The Bertz CT molecular complexity index is 427. The van der Waals surface area contributed by atoms with Crippen LogP contribution in [0.2, 0.25) is 10.0 Å². The molecule has 86 valence electrons. The van der Waals surface area contributed by atoms with Crippen molar-refractivity contribution < 1.29 is 9.53 Å². The number of carbonyl (C=O) groups excluding carboxylic acids is 1. The van der Waals surface area contributed by atoms with E-state index in [2.05, 4.69) is 0 Å². The number of nitrogens with zero attached hydrogens (tertiary/aromatic N) is 1. The van der Waals surface area contributed by atoms with E-state index in [9.17, 15) is 4.79 Å². The standard InChI is InChI=1S/C10H9Cl2NO2S/c1-15-10-9(14)13(5-16-10)6-2-3-7(11)8(12)4-6/h2-4,10H,5H2,1H3. The van der Waals surface area contributed by atoms with Crippen LogP contribution in [-0.2, 0) is 9.53 Å². The lowest BCUT2D eigenvalue weighted by Crippen LogP contribution is -2.29. The van der Waals surface area contributed by atoms with Crippen LogP contribution in [0.5, 0.6) is 0 Å². The summed E-state index contributed by atoms with van der Waals surface area (Å²) in [5.74, 6) is 0.501. The number of halogens is 2. The predicted molar refractivity (Wildman–Crippen MR) is 67.2 cm³/mol. The third-order valence-corrected chi connectivity index (χ3v) is 4.09. The average Bonchev–Trinajstić information content (AvgIpc) is 2.64. The second kappa shape index (κ2) is 4.84. The van der Waals surface area contributed by atoms with Crippen LogP contribution in [0.3, 0.4) is 0 Å². The lowest BCUT2D eigenvalue weighted by molar-refractivity contribution is -0.122. The Hall–Kier alpha value is -0.420. The van der Waals surface area contributed by atoms with Crippen LogP contribution >= 0.6 is 35.0 Å². The number of thioether (sulfide) groups is 1. The largest absolute Gasteiger partial charge is 0.361 e. The topological polar surface area (TPSA) is 29.5 Å². The van der Waals surface area contributed by atoms with Crippen molar-refractivity contribution in [2.24, 2.45) is 0 Å². The molecule has 1 unspecified atom stereocenters. The first-order chi connectivity index (χ1) is 7.63. The van der Waals surface area contributed by atoms with E-state index < -0.39 is 5.44 Å². The number of methoxy groups -OCH3 is 1. The molecule has 16 heavy (non-hydrogen) atoms. The fraction of sp³-hybridized carbons (Fsp3) is 0.300. The average molecular weight is 278 g/mol. The molecule has 1 aliphatic rings. The minimum absolute atomic E-state index is 0.0640. The van der Waals surface area contributed by atoms with Crippen molar-refractivity contribution in [1.82, 2.24) is 0 Å². The van der Waals surface area contributed by atoms with Gasteiger partial charge in [-0.25, -0.2) is 0 Å². The van der Waals surface area contributed by atoms with Gasteiger partial charge in [0.1, 0.15) is 0 Å². The monoisotopic (exact) mass is 277 g/mol. The van der Waals surface area contributed by atoms with Gasteiger partial charge in [0.05, 0.1) is 15.9 Å². The normalized spacial score (nSPS) is 20.6. The third-order valence-electron chi connectivity index (χ3n) is 2.25. The first-order valence-electron chi connectivity index (χ1n) is 4.54. The number of rotatable bonds is 2. The van der Waals surface area contributed by atoms with E-state index in [1.54, 1.807) is 23.1 Å². The van der Waals surface area contributed by atoms with Crippen LogP contribution < -0.4 is 4.90 Å². The van der Waals surface area contributed by atoms with Crippen molar-refractivity contribution in [3.63, 3.8) is 0 Å². The molecule has 1 saturated heterocycles. The molecule has 0 N–H and O–H groups in total. The highest BCUT2D eigenvalue weighted by Crippen LogP contribution is 2.33. The molecule has 1 aromatic carbocycles. The molecular weight excluding hydrogens is 269 g/mol. The zero-order valence-electron chi connectivity index (χ0n) is 8.44. The van der Waals surface area contributed by atoms with Crippen LogP contribution in [0.4, 0.5) is 5.69 Å². The van der Waals surface area contributed by atoms with Crippen LogP contribution in [0.25, 0.3) is 0 Å². The first kappa shape index (κ1) is 12.0. The van der Waals surface area contributed by atoms with Crippen molar-refractivity contribution in [3.05, 3.63) is 28.2 Å². The van der Waals surface area contributed by atoms with Crippen molar-refractivity contribution in [2.45, 2.75) is 5.44 Å². The van der Waals surface area contributed by atoms with Crippen LogP contribution in [0, 0.1) is 0 Å². The maximum absolute atomic E-state index is 11.8. The second-order valence-corrected chi connectivity index (χ2v) is 5.06. The number of hydrogen-bond donors (Lipinski definition) is 0. The maximum atomic E-state index is 11.8. The zero-order chi connectivity index (χ0) is 11.7. The van der Waals surface area contributed by atoms with Crippen LogP contribution in [0.1, 0.15) is 0 Å². The molecule has 1 aliphatic heterocycles. The van der Waals surface area contributed by atoms with Crippen LogP contribution in [0.15, 0.2) is 18.2 Å². The molecule has 3 nitrogen and oxygen atoms in total. The lowest BCUT2D eigenvalue weighted by atomic mass is 10.3. The van der Waals surface area contributed by atoms with E-state index >= 15 is 0 Å². The molecule has 0 radical (unpaired) electrons. The molecule has 2 rings (SSSR count). The summed E-state index contributed by atoms with van der Waals surface area (Å²) in [6.07, 6.45) is 0. The van der Waals surface area contributed by atoms with E-state index in [0.29, 0.717) is 15.9 Å². The van der Waals surface area contributed by atoms with E-state index in [0.717, 1.165) is 5.69 Å². The van der Waals surface area contributed by atoms with Crippen molar-refractivity contribution in [2.75, 3.05) is 17.9 Å². The number of anilines is 1. The smallest absolute Gasteiger partial charge is 0.267 e. The molecular formula is C10H9Cl2NO2S. The van der Waals surface area contributed by atoms with E-state index in [1.165, 1.54) is 18.9 Å². The molecule has 0 spiro atoms. The van der Waals surface area contributed by atoms with Crippen LogP contribution in [-0.4, -0.2) is 24.3 Å². The van der Waals surface area contributed by atoms with Crippen molar-refractivity contribution in [1.29, 1.82) is 0 Å². The lowest BCUT2D eigenvalue weighted by Gasteiger charge is -2.15. The van der Waals surface area contributed by atoms with Gasteiger partial charge in [0.15, 0.2) is 5.44 Å². The van der Waals surface area contributed by atoms with Gasteiger partial charge in [0, 0.05) is 12.8 Å². The fourth-order valence-corrected chi connectivity index (χ4v) is 2.69. The molecule has 1 amide bonds. The van der Waals surface area contributed by atoms with Gasteiger partial charge in [-0.05, 0) is 18.2 Å². The number of carbonyl (C=O) groups is 1. The number of amides is 1. The molecule has 1 fully saturated rings. The molecule has 0 saturated carbocycles. The summed E-state index contributed by atoms with van der Waals surface area (Å²) < 4.78 is 5.04. The number of hydrogen-bond acceptors (Lipinski definition) is 3. The summed E-state index contributed by atoms with van der Waals surface area (Å²) in [4.78, 5) is 13.5. The molecule has 0 aromatic heterocycles.